The van der Waals surface area contributed by atoms with Gasteiger partial charge in [0.1, 0.15) is 17.2 Å². The maximum absolute atomic E-state index is 8.74. The van der Waals surface area contributed by atoms with Gasteiger partial charge in [0, 0.05) is 87.4 Å². The summed E-state index contributed by atoms with van der Waals surface area (Å²) < 4.78 is 19.8. The Labute approximate surface area is 528 Å². The summed E-state index contributed by atoms with van der Waals surface area (Å²) in [6, 6.07) is 41.4. The Balaban J connectivity index is 0.000000184. The van der Waals surface area contributed by atoms with E-state index in [2.05, 4.69) is 129 Å². The summed E-state index contributed by atoms with van der Waals surface area (Å²) in [5.74, 6) is 5.06. The summed E-state index contributed by atoms with van der Waals surface area (Å²) in [5, 5.41) is 31.6. The van der Waals surface area contributed by atoms with Crippen molar-refractivity contribution in [2.75, 3.05) is 42.6 Å². The largest absolute Gasteiger partial charge is 0.675 e. The monoisotopic (exact) mass is 1350 g/mol. The summed E-state index contributed by atoms with van der Waals surface area (Å²) in [7, 11) is 3.48. The third-order valence-corrected chi connectivity index (χ3v) is 15.1. The van der Waals surface area contributed by atoms with E-state index in [4.69, 9.17) is 55.7 Å². The molecular formula is C63H78AcBN14O5-. The summed E-state index contributed by atoms with van der Waals surface area (Å²) >= 11 is 0. The molecule has 0 amide bonds. The number of benzene rings is 5. The van der Waals surface area contributed by atoms with Crippen LogP contribution in [0.5, 0.6) is 17.2 Å². The third-order valence-electron chi connectivity index (χ3n) is 15.1. The Morgan fingerprint density at radius 1 is 0.548 bits per heavy atom. The topological polar surface area (TPSA) is 253 Å². The van der Waals surface area contributed by atoms with E-state index in [1.807, 2.05) is 49.1 Å². The summed E-state index contributed by atoms with van der Waals surface area (Å²) in [6.07, 6.45) is 11.6. The molecule has 11 rings (SSSR count). The van der Waals surface area contributed by atoms with Gasteiger partial charge >= 0.3 is 7.12 Å². The van der Waals surface area contributed by atoms with Crippen molar-refractivity contribution in [1.29, 1.82) is 0 Å². The van der Waals surface area contributed by atoms with Gasteiger partial charge in [0.2, 0.25) is 11.9 Å². The van der Waals surface area contributed by atoms with Crippen LogP contribution < -0.4 is 46.7 Å². The molecule has 0 aliphatic heterocycles. The van der Waals surface area contributed by atoms with Crippen LogP contribution in [0.15, 0.2) is 134 Å². The van der Waals surface area contributed by atoms with Crippen molar-refractivity contribution in [3.63, 3.8) is 0 Å². The number of nitrogens with zero attached hydrogens (tertiary/aromatic N) is 8. The molecule has 2 saturated carbocycles. The van der Waals surface area contributed by atoms with Gasteiger partial charge in [0.05, 0.1) is 34.0 Å². The zero-order valence-electron chi connectivity index (χ0n) is 49.2. The van der Waals surface area contributed by atoms with Gasteiger partial charge in [-0.05, 0) is 141 Å². The van der Waals surface area contributed by atoms with E-state index in [1.54, 1.807) is 38.5 Å². The molecule has 9 N–H and O–H groups in total. The van der Waals surface area contributed by atoms with Gasteiger partial charge in [-0.3, -0.25) is 0 Å². The van der Waals surface area contributed by atoms with Gasteiger partial charge in [0.15, 0.2) is 34.0 Å². The summed E-state index contributed by atoms with van der Waals surface area (Å²) in [4.78, 5) is 28.6. The van der Waals surface area contributed by atoms with Crippen LogP contribution in [0.4, 0.5) is 23.5 Å². The Kier molecular flexibility index (Phi) is 22.8. The summed E-state index contributed by atoms with van der Waals surface area (Å²) in [5.41, 5.74) is 24.6. The minimum Gasteiger partial charge on any atom is -0.675 e. The van der Waals surface area contributed by atoms with E-state index in [0.29, 0.717) is 54.3 Å². The molecule has 9 aromatic rings. The number of rotatable bonds is 18. The molecule has 0 saturated heterocycles. The summed E-state index contributed by atoms with van der Waals surface area (Å²) in [6.45, 7) is 9.79. The number of ether oxygens (including phenoxy) is 3. The Morgan fingerprint density at radius 2 is 0.952 bits per heavy atom. The van der Waals surface area contributed by atoms with Crippen molar-refractivity contribution in [3.05, 3.63) is 151 Å². The molecule has 1 radical (unpaired) electrons. The zero-order valence-corrected chi connectivity index (χ0v) is 53.9. The molecule has 2 aliphatic rings. The predicted octanol–water partition coefficient (Wildman–Crippen LogP) is 11.2. The fourth-order valence-electron chi connectivity index (χ4n) is 10.2. The first-order valence-corrected chi connectivity index (χ1v) is 28.7. The van der Waals surface area contributed by atoms with Crippen molar-refractivity contribution >= 4 is 58.4 Å². The Morgan fingerprint density at radius 3 is 1.36 bits per heavy atom. The molecule has 0 unspecified atom stereocenters. The van der Waals surface area contributed by atoms with Gasteiger partial charge in [-0.15, -0.1) is 6.04 Å². The number of nitrogens with two attached hydrogens (primary N) is 1. The van der Waals surface area contributed by atoms with Gasteiger partial charge in [-0.2, -0.15) is 19.9 Å². The number of methoxy groups -OCH3 is 3. The van der Waals surface area contributed by atoms with E-state index < -0.39 is 7.12 Å². The van der Waals surface area contributed by atoms with Crippen molar-refractivity contribution < 1.29 is 68.3 Å². The number of nitrogens with one attached hydrogen (secondary N) is 5. The first-order chi connectivity index (χ1) is 40.2. The standard InChI is InChI=1S/C28H35N7O.C28H34N7O.C7H9BO3.Ac/c2*1-18(2)35-17-31-25-26(33-28(34-27(25)35)32-23-13-11-22(29)12-14-23)30-16-19-7-9-20(10-8-19)21-5-4-6-24(15-21)36-3;1-11-7-4-2-3-6(5-7)8(9)10;/h4-10,15,17-18,22-23H,11-14,16,29H2,1-3H3,(H2,30,32,33,34);4-10,15,17-18,22-23,29H,11-14,16H2,1-3H3,(H2,30,32,33,34);2-5,9-10H,1H3;/q;-1;;. The zero-order chi connectivity index (χ0) is 58.4. The van der Waals surface area contributed by atoms with Crippen molar-refractivity contribution in [1.82, 2.24) is 39.0 Å². The molecule has 21 heteroatoms. The van der Waals surface area contributed by atoms with Crippen LogP contribution in [-0.2, 0) is 13.1 Å². The van der Waals surface area contributed by atoms with Gasteiger partial charge in [-0.1, -0.05) is 97.8 Å². The molecule has 0 atom stereocenters. The fraction of sp³-hybridized carbons (Fsp3) is 0.365. The first kappa shape index (κ1) is 63.2. The molecule has 19 nitrogen and oxygen atoms in total. The normalized spacial score (nSPS) is 16.6. The molecule has 437 valence electrons. The molecule has 4 aromatic heterocycles. The third kappa shape index (κ3) is 16.7. The predicted molar refractivity (Wildman–Crippen MR) is 334 cm³/mol. The van der Waals surface area contributed by atoms with E-state index >= 15 is 0 Å². The molecule has 5 aromatic carbocycles. The molecule has 4 heterocycles. The Bertz CT molecular complexity index is 3310. The molecule has 2 fully saturated rings. The van der Waals surface area contributed by atoms with Gasteiger partial charge in [-0.25, -0.2) is 9.97 Å². The second-order valence-corrected chi connectivity index (χ2v) is 21.8. The maximum atomic E-state index is 8.74. The first-order valence-electron chi connectivity index (χ1n) is 28.7. The number of aromatic nitrogens is 8. The smallest absolute Gasteiger partial charge is 0.488 e. The Hall–Kier alpha value is -6.85. The van der Waals surface area contributed by atoms with Crippen LogP contribution in [0.2, 0.25) is 0 Å². The van der Waals surface area contributed by atoms with Crippen molar-refractivity contribution in [2.45, 2.75) is 128 Å². The number of imidazole rings is 2. The quantitative estimate of drug-likeness (QED) is 0.0394. The van der Waals surface area contributed by atoms with Crippen LogP contribution in [0.1, 0.15) is 102 Å². The average molecular weight is 1350 g/mol. The number of hydrogen-bond donors (Lipinski definition) is 7. The van der Waals surface area contributed by atoms with Crippen LogP contribution in [-0.4, -0.2) is 102 Å². The second-order valence-electron chi connectivity index (χ2n) is 21.8. The fourth-order valence-corrected chi connectivity index (χ4v) is 10.2. The molecule has 0 spiro atoms. The van der Waals surface area contributed by atoms with Crippen molar-refractivity contribution in [3.8, 4) is 39.5 Å². The number of fused-ring (bicyclic) bond motifs is 2. The second kappa shape index (κ2) is 30.3. The SMILES string of the molecule is COc1cccc(-c2ccc(CNc3nc(NC4CCC(N)CC4)nc4c3ncn4C(C)C)cc2)c1.COc1cccc(-c2ccc(CNc3nc(NC4CCC([NH-])CC4)nc4c3ncn4C(C)C)cc2)c1.COc1cccc(B(O)O)c1.[Ac]. The average Bonchev–Trinajstić information content (AvgIpc) is 3.68. The van der Waals surface area contributed by atoms with Gasteiger partial charge < -0.3 is 66.1 Å². The van der Waals surface area contributed by atoms with Crippen LogP contribution in [0, 0.1) is 44.1 Å². The van der Waals surface area contributed by atoms with Crippen molar-refractivity contribution in [2.24, 2.45) is 5.73 Å². The van der Waals surface area contributed by atoms with Crippen LogP contribution in [0.25, 0.3) is 50.3 Å². The maximum Gasteiger partial charge on any atom is 0.488 e. The van der Waals surface area contributed by atoms with E-state index in [9.17, 15) is 0 Å². The number of hydrogen-bond acceptors (Lipinski definition) is 16. The van der Waals surface area contributed by atoms with Crippen LogP contribution >= 0.6 is 0 Å². The van der Waals surface area contributed by atoms with Crippen LogP contribution in [0.3, 0.4) is 0 Å². The number of anilines is 4. The molecular weight excluding hydrogens is 1270 g/mol. The van der Waals surface area contributed by atoms with E-state index in [-0.39, 0.29) is 62.2 Å². The molecule has 0 bridgehead atoms. The molecule has 84 heavy (non-hydrogen) atoms. The molecule has 2 aliphatic carbocycles. The van der Waals surface area contributed by atoms with E-state index in [1.165, 1.54) is 7.11 Å². The van der Waals surface area contributed by atoms with E-state index in [0.717, 1.165) is 130 Å². The van der Waals surface area contributed by atoms with Gasteiger partial charge in [0.25, 0.3) is 0 Å². The minimum absolute atomic E-state index is 0. The minimum atomic E-state index is -1.43.